The quantitative estimate of drug-likeness (QED) is 0.553. The van der Waals surface area contributed by atoms with Crippen LogP contribution in [0.1, 0.15) is 28.4 Å². The van der Waals surface area contributed by atoms with Crippen LogP contribution in [0.2, 0.25) is 0 Å². The molecule has 1 aliphatic heterocycles. The molecule has 9 nitrogen and oxygen atoms in total. The van der Waals surface area contributed by atoms with Gasteiger partial charge >= 0.3 is 0 Å². The van der Waals surface area contributed by atoms with E-state index >= 15 is 0 Å². The number of carbonyl (C=O) groups excluding carboxylic acids is 2. The largest absolute Gasteiger partial charge is 0.379 e. The van der Waals surface area contributed by atoms with Gasteiger partial charge in [0, 0.05) is 38.8 Å². The fourth-order valence-electron chi connectivity index (χ4n) is 3.43. The molecule has 0 bridgehead atoms. The summed E-state index contributed by atoms with van der Waals surface area (Å²) in [5.74, 6) is -0.751. The highest BCUT2D eigenvalue weighted by Gasteiger charge is 2.16. The second kappa shape index (κ2) is 10.6. The van der Waals surface area contributed by atoms with Gasteiger partial charge in [-0.25, -0.2) is 8.42 Å². The van der Waals surface area contributed by atoms with E-state index in [0.717, 1.165) is 50.2 Å². The number of rotatable bonds is 8. The van der Waals surface area contributed by atoms with E-state index in [1.165, 1.54) is 25.1 Å². The third kappa shape index (κ3) is 7.33. The van der Waals surface area contributed by atoms with Crippen molar-refractivity contribution in [2.24, 2.45) is 0 Å². The van der Waals surface area contributed by atoms with Crippen molar-refractivity contribution >= 4 is 33.2 Å². The van der Waals surface area contributed by atoms with Crippen LogP contribution >= 0.6 is 0 Å². The summed E-state index contributed by atoms with van der Waals surface area (Å²) in [6.45, 7) is 5.69. The standard InChI is InChI=1S/C22H28N4O5S/c1-16(27)24-19-6-7-21(25-32(2,29)30)20(13-19)22(28)23-14-17-4-3-5-18(12-17)15-26-8-10-31-11-9-26/h3-7,12-13,25H,8-11,14-15H2,1-2H3,(H,23,28)(H,24,27). The van der Waals surface area contributed by atoms with Gasteiger partial charge in [-0.1, -0.05) is 24.3 Å². The molecule has 0 unspecified atom stereocenters. The average Bonchev–Trinajstić information content (AvgIpc) is 2.73. The van der Waals surface area contributed by atoms with Gasteiger partial charge < -0.3 is 15.4 Å². The average molecular weight is 461 g/mol. The van der Waals surface area contributed by atoms with Gasteiger partial charge in [0.05, 0.1) is 30.7 Å². The number of amides is 2. The molecule has 1 heterocycles. The maximum absolute atomic E-state index is 12.9. The predicted octanol–water partition coefficient (Wildman–Crippen LogP) is 1.78. The number of carbonyl (C=O) groups is 2. The van der Waals surface area contributed by atoms with Crippen molar-refractivity contribution in [3.63, 3.8) is 0 Å². The molecule has 1 fully saturated rings. The number of morpholine rings is 1. The van der Waals surface area contributed by atoms with Crippen molar-refractivity contribution in [1.82, 2.24) is 10.2 Å². The minimum absolute atomic E-state index is 0.117. The number of ether oxygens (including phenoxy) is 1. The van der Waals surface area contributed by atoms with E-state index in [0.29, 0.717) is 5.69 Å². The summed E-state index contributed by atoms with van der Waals surface area (Å²) in [7, 11) is -3.59. The smallest absolute Gasteiger partial charge is 0.253 e. The normalized spacial score (nSPS) is 14.6. The molecule has 2 amide bonds. The van der Waals surface area contributed by atoms with Crippen molar-refractivity contribution in [2.45, 2.75) is 20.0 Å². The molecule has 32 heavy (non-hydrogen) atoms. The lowest BCUT2D eigenvalue weighted by atomic mass is 10.1. The molecule has 0 aromatic heterocycles. The number of nitrogens with zero attached hydrogens (tertiary/aromatic N) is 1. The summed E-state index contributed by atoms with van der Waals surface area (Å²) >= 11 is 0. The third-order valence-electron chi connectivity index (χ3n) is 4.83. The molecule has 1 aliphatic rings. The molecule has 0 radical (unpaired) electrons. The van der Waals surface area contributed by atoms with Gasteiger partial charge in [-0.05, 0) is 29.3 Å². The monoisotopic (exact) mass is 460 g/mol. The van der Waals surface area contributed by atoms with Gasteiger partial charge in [-0.3, -0.25) is 19.2 Å². The summed E-state index contributed by atoms with van der Waals surface area (Å²) in [6, 6.07) is 12.4. The molecule has 1 saturated heterocycles. The van der Waals surface area contributed by atoms with Crippen LogP contribution in [0.15, 0.2) is 42.5 Å². The third-order valence-corrected chi connectivity index (χ3v) is 5.42. The molecule has 0 spiro atoms. The van der Waals surface area contributed by atoms with Crippen LogP contribution in [0.3, 0.4) is 0 Å². The Balaban J connectivity index is 1.71. The Morgan fingerprint density at radius 2 is 1.78 bits per heavy atom. The molecule has 2 aromatic rings. The number of benzene rings is 2. The van der Waals surface area contributed by atoms with E-state index in [-0.39, 0.29) is 23.7 Å². The SMILES string of the molecule is CC(=O)Nc1ccc(NS(C)(=O)=O)c(C(=O)NCc2cccc(CN3CCOCC3)c2)c1. The molecular weight excluding hydrogens is 432 g/mol. The first-order valence-electron chi connectivity index (χ1n) is 10.3. The Hall–Kier alpha value is -2.95. The number of nitrogens with one attached hydrogen (secondary N) is 3. The Morgan fingerprint density at radius 3 is 2.47 bits per heavy atom. The zero-order valence-corrected chi connectivity index (χ0v) is 19.0. The number of anilines is 2. The van der Waals surface area contributed by atoms with E-state index in [1.807, 2.05) is 24.3 Å². The van der Waals surface area contributed by atoms with E-state index in [1.54, 1.807) is 0 Å². The zero-order chi connectivity index (χ0) is 23.1. The predicted molar refractivity (Wildman–Crippen MR) is 123 cm³/mol. The topological polar surface area (TPSA) is 117 Å². The Morgan fingerprint density at radius 1 is 1.06 bits per heavy atom. The van der Waals surface area contributed by atoms with Crippen molar-refractivity contribution < 1.29 is 22.7 Å². The Bertz CT molecular complexity index is 1080. The molecule has 10 heteroatoms. The Kier molecular flexibility index (Phi) is 7.84. The van der Waals surface area contributed by atoms with Crippen LogP contribution in [0.5, 0.6) is 0 Å². The van der Waals surface area contributed by atoms with Gasteiger partial charge in [-0.15, -0.1) is 0 Å². The van der Waals surface area contributed by atoms with Crippen molar-refractivity contribution in [2.75, 3.05) is 42.6 Å². The van der Waals surface area contributed by atoms with Crippen LogP contribution < -0.4 is 15.4 Å². The second-order valence-electron chi connectivity index (χ2n) is 7.71. The molecule has 2 aromatic carbocycles. The van der Waals surface area contributed by atoms with Crippen LogP contribution in [0, 0.1) is 0 Å². The minimum Gasteiger partial charge on any atom is -0.379 e. The summed E-state index contributed by atoms with van der Waals surface area (Å²) in [6.07, 6.45) is 1.01. The molecule has 0 saturated carbocycles. The minimum atomic E-state index is -3.59. The van der Waals surface area contributed by atoms with E-state index in [4.69, 9.17) is 4.74 Å². The lowest BCUT2D eigenvalue weighted by molar-refractivity contribution is -0.114. The number of sulfonamides is 1. The molecule has 0 aliphatic carbocycles. The van der Waals surface area contributed by atoms with Crippen molar-refractivity contribution in [3.8, 4) is 0 Å². The van der Waals surface area contributed by atoms with Gasteiger partial charge in [0.2, 0.25) is 15.9 Å². The lowest BCUT2D eigenvalue weighted by Gasteiger charge is -2.26. The number of hydrogen-bond donors (Lipinski definition) is 3. The van der Waals surface area contributed by atoms with E-state index < -0.39 is 15.9 Å². The van der Waals surface area contributed by atoms with Crippen LogP contribution in [-0.4, -0.2) is 57.7 Å². The first-order chi connectivity index (χ1) is 15.2. The lowest BCUT2D eigenvalue weighted by Crippen LogP contribution is -2.35. The number of hydrogen-bond acceptors (Lipinski definition) is 6. The van der Waals surface area contributed by atoms with Gasteiger partial charge in [0.15, 0.2) is 0 Å². The summed E-state index contributed by atoms with van der Waals surface area (Å²) in [5.41, 5.74) is 2.73. The first-order valence-corrected chi connectivity index (χ1v) is 12.1. The highest BCUT2D eigenvalue weighted by Crippen LogP contribution is 2.22. The second-order valence-corrected chi connectivity index (χ2v) is 9.46. The molecule has 3 N–H and O–H groups in total. The Labute approximate surface area is 188 Å². The molecular formula is C22H28N4O5S. The van der Waals surface area contributed by atoms with Crippen LogP contribution in [0.25, 0.3) is 0 Å². The van der Waals surface area contributed by atoms with Crippen LogP contribution in [0.4, 0.5) is 11.4 Å². The summed E-state index contributed by atoms with van der Waals surface area (Å²) < 4.78 is 31.1. The fraction of sp³-hybridized carbons (Fsp3) is 0.364. The molecule has 0 atom stereocenters. The highest BCUT2D eigenvalue weighted by atomic mass is 32.2. The maximum atomic E-state index is 12.9. The van der Waals surface area contributed by atoms with Gasteiger partial charge in [-0.2, -0.15) is 0 Å². The van der Waals surface area contributed by atoms with E-state index in [2.05, 4.69) is 20.3 Å². The fourth-order valence-corrected chi connectivity index (χ4v) is 4.01. The highest BCUT2D eigenvalue weighted by molar-refractivity contribution is 7.92. The first kappa shape index (κ1) is 23.7. The summed E-state index contributed by atoms with van der Waals surface area (Å²) in [5, 5.41) is 5.43. The van der Waals surface area contributed by atoms with E-state index in [9.17, 15) is 18.0 Å². The maximum Gasteiger partial charge on any atom is 0.253 e. The molecule has 172 valence electrons. The van der Waals surface area contributed by atoms with Crippen molar-refractivity contribution in [1.29, 1.82) is 0 Å². The van der Waals surface area contributed by atoms with Crippen LogP contribution in [-0.2, 0) is 32.6 Å². The van der Waals surface area contributed by atoms with Crippen molar-refractivity contribution in [3.05, 3.63) is 59.2 Å². The summed E-state index contributed by atoms with van der Waals surface area (Å²) in [4.78, 5) is 26.6. The zero-order valence-electron chi connectivity index (χ0n) is 18.2. The molecule has 3 rings (SSSR count). The van der Waals surface area contributed by atoms with Gasteiger partial charge in [0.25, 0.3) is 5.91 Å². The van der Waals surface area contributed by atoms with Gasteiger partial charge in [0.1, 0.15) is 0 Å².